The maximum Gasteiger partial charge on any atom is 0.416 e. The van der Waals surface area contributed by atoms with Crippen molar-refractivity contribution in [3.63, 3.8) is 0 Å². The van der Waals surface area contributed by atoms with E-state index in [1.54, 1.807) is 5.32 Å². The number of furan rings is 1. The lowest BCUT2D eigenvalue weighted by Gasteiger charge is -2.20. The highest BCUT2D eigenvalue weighted by atomic mass is 19.4. The fourth-order valence-electron chi connectivity index (χ4n) is 2.70. The van der Waals surface area contributed by atoms with Crippen molar-refractivity contribution in [1.29, 1.82) is 0 Å². The third-order valence-electron chi connectivity index (χ3n) is 4.03. The molecule has 1 aromatic heterocycles. The minimum Gasteiger partial charge on any atom is -0.455 e. The second kappa shape index (κ2) is 7.02. The van der Waals surface area contributed by atoms with Crippen LogP contribution in [0.3, 0.4) is 0 Å². The Morgan fingerprint density at radius 2 is 1.79 bits per heavy atom. The Kier molecular flexibility index (Phi) is 4.88. The number of carbonyl (C=O) groups excluding carboxylic acids is 1. The molecule has 0 saturated carbocycles. The van der Waals surface area contributed by atoms with E-state index in [4.69, 9.17) is 10.2 Å². The molecule has 3 aromatic rings. The first kappa shape index (κ1) is 19.5. The summed E-state index contributed by atoms with van der Waals surface area (Å²) in [6, 6.07) is 3.34. The fraction of sp³-hybridized carbons (Fsp3) is 0.167. The van der Waals surface area contributed by atoms with Gasteiger partial charge in [-0.1, -0.05) is 0 Å². The molecule has 1 atom stereocenters. The molecule has 0 aliphatic heterocycles. The predicted molar refractivity (Wildman–Crippen MR) is 92.7 cm³/mol. The number of hydrogen-bond donors (Lipinski definition) is 3. The summed E-state index contributed by atoms with van der Waals surface area (Å²) in [5.41, 5.74) is 5.46. The molecule has 148 valence electrons. The number of carbonyl (C=O) groups is 1. The number of rotatable bonds is 3. The van der Waals surface area contributed by atoms with Crippen molar-refractivity contribution < 1.29 is 31.2 Å². The highest BCUT2D eigenvalue weighted by Gasteiger charge is 2.45. The number of hydrogen-bond acceptors (Lipinski definition) is 3. The number of aryl methyl sites for hydroxylation is 1. The van der Waals surface area contributed by atoms with Crippen LogP contribution in [0.5, 0.6) is 0 Å². The molecule has 0 unspecified atom stereocenters. The van der Waals surface area contributed by atoms with Gasteiger partial charge in [0.05, 0.1) is 0 Å². The standard InChI is InChI=1S/C18H14F5N3O2/c1-8-12-6-9(19)7-13(20)15(12)28-14(8)16(18(21,22)23)26-17(27)25-11-4-2-10(24)3-5-11/h2-7,16H,24H2,1H3,(H2,25,26,27)/t16-/m1/s1. The van der Waals surface area contributed by atoms with Crippen LogP contribution < -0.4 is 16.4 Å². The Labute approximate surface area is 155 Å². The van der Waals surface area contributed by atoms with Crippen LogP contribution in [0.1, 0.15) is 17.4 Å². The first-order valence-electron chi connectivity index (χ1n) is 7.94. The van der Waals surface area contributed by atoms with E-state index in [0.717, 1.165) is 6.07 Å². The molecular weight excluding hydrogens is 385 g/mol. The van der Waals surface area contributed by atoms with E-state index >= 15 is 0 Å². The SMILES string of the molecule is Cc1c([C@@H](NC(=O)Nc2ccc(N)cc2)C(F)(F)F)oc2c(F)cc(F)cc12. The number of alkyl halides is 3. The molecule has 0 saturated heterocycles. The molecule has 5 nitrogen and oxygen atoms in total. The second-order valence-corrected chi connectivity index (χ2v) is 6.05. The predicted octanol–water partition coefficient (Wildman–Crippen LogP) is 5.03. The van der Waals surface area contributed by atoms with E-state index in [0.29, 0.717) is 11.8 Å². The van der Waals surface area contributed by atoms with Crippen molar-refractivity contribution in [3.8, 4) is 0 Å². The zero-order valence-corrected chi connectivity index (χ0v) is 14.3. The van der Waals surface area contributed by atoms with E-state index in [1.165, 1.54) is 31.2 Å². The maximum absolute atomic E-state index is 13.9. The third kappa shape index (κ3) is 3.85. The number of nitrogens with one attached hydrogen (secondary N) is 2. The average Bonchev–Trinajstić information content (AvgIpc) is 2.91. The van der Waals surface area contributed by atoms with Crippen molar-refractivity contribution in [3.05, 3.63) is 59.4 Å². The number of nitrogen functional groups attached to an aromatic ring is 1. The maximum atomic E-state index is 13.9. The van der Waals surface area contributed by atoms with Gasteiger partial charge in [-0.15, -0.1) is 0 Å². The molecule has 0 fully saturated rings. The highest BCUT2D eigenvalue weighted by Crippen LogP contribution is 2.39. The van der Waals surface area contributed by atoms with Crippen LogP contribution in [-0.2, 0) is 0 Å². The molecular formula is C18H14F5N3O2. The number of nitrogens with two attached hydrogens (primary N) is 1. The van der Waals surface area contributed by atoms with Crippen LogP contribution in [0, 0.1) is 18.6 Å². The minimum absolute atomic E-state index is 0.136. The molecule has 10 heteroatoms. The summed E-state index contributed by atoms with van der Waals surface area (Å²) in [7, 11) is 0. The molecule has 1 heterocycles. The number of urea groups is 1. The Hall–Kier alpha value is -3.30. The van der Waals surface area contributed by atoms with E-state index in [-0.39, 0.29) is 16.6 Å². The van der Waals surface area contributed by atoms with Crippen LogP contribution in [0.2, 0.25) is 0 Å². The summed E-state index contributed by atoms with van der Waals surface area (Å²) >= 11 is 0. The Morgan fingerprint density at radius 3 is 2.39 bits per heavy atom. The van der Waals surface area contributed by atoms with Crippen LogP contribution in [-0.4, -0.2) is 12.2 Å². The van der Waals surface area contributed by atoms with E-state index in [1.807, 2.05) is 0 Å². The van der Waals surface area contributed by atoms with Crippen molar-refractivity contribution >= 4 is 28.4 Å². The number of halogens is 5. The Balaban J connectivity index is 1.94. The molecule has 0 spiro atoms. The molecule has 2 aromatic carbocycles. The Morgan fingerprint density at radius 1 is 1.14 bits per heavy atom. The lowest BCUT2D eigenvalue weighted by atomic mass is 10.1. The molecule has 2 amide bonds. The first-order chi connectivity index (χ1) is 13.1. The number of amides is 2. The van der Waals surface area contributed by atoms with Crippen molar-refractivity contribution in [2.75, 3.05) is 11.1 Å². The summed E-state index contributed by atoms with van der Waals surface area (Å²) in [6.45, 7) is 1.22. The highest BCUT2D eigenvalue weighted by molar-refractivity contribution is 5.90. The van der Waals surface area contributed by atoms with E-state index in [2.05, 4.69) is 5.32 Å². The van der Waals surface area contributed by atoms with Crippen LogP contribution in [0.15, 0.2) is 40.8 Å². The zero-order chi connectivity index (χ0) is 20.6. The average molecular weight is 399 g/mol. The van der Waals surface area contributed by atoms with E-state index < -0.39 is 41.2 Å². The van der Waals surface area contributed by atoms with Gasteiger partial charge in [0.25, 0.3) is 0 Å². The first-order valence-corrected chi connectivity index (χ1v) is 7.94. The normalized spacial score (nSPS) is 12.8. The largest absolute Gasteiger partial charge is 0.455 e. The topological polar surface area (TPSA) is 80.3 Å². The molecule has 0 bridgehead atoms. The molecule has 0 aliphatic carbocycles. The van der Waals surface area contributed by atoms with Gasteiger partial charge in [0, 0.05) is 28.4 Å². The summed E-state index contributed by atoms with van der Waals surface area (Å²) < 4.78 is 73.0. The molecule has 0 radical (unpaired) electrons. The van der Waals surface area contributed by atoms with Crippen molar-refractivity contribution in [2.24, 2.45) is 0 Å². The monoisotopic (exact) mass is 399 g/mol. The number of anilines is 2. The van der Waals surface area contributed by atoms with Gasteiger partial charge in [0.1, 0.15) is 11.6 Å². The summed E-state index contributed by atoms with van der Waals surface area (Å²) in [5.74, 6) is -2.84. The van der Waals surface area contributed by atoms with Gasteiger partial charge in [-0.3, -0.25) is 0 Å². The van der Waals surface area contributed by atoms with Gasteiger partial charge < -0.3 is 20.8 Å². The van der Waals surface area contributed by atoms with E-state index in [9.17, 15) is 26.7 Å². The zero-order valence-electron chi connectivity index (χ0n) is 14.3. The lowest BCUT2D eigenvalue weighted by Crippen LogP contribution is -2.40. The third-order valence-corrected chi connectivity index (χ3v) is 4.03. The summed E-state index contributed by atoms with van der Waals surface area (Å²) in [4.78, 5) is 12.0. The number of fused-ring (bicyclic) bond motifs is 1. The van der Waals surface area contributed by atoms with Gasteiger partial charge in [0.15, 0.2) is 17.4 Å². The van der Waals surface area contributed by atoms with Crippen molar-refractivity contribution in [1.82, 2.24) is 5.32 Å². The van der Waals surface area contributed by atoms with Crippen LogP contribution >= 0.6 is 0 Å². The summed E-state index contributed by atoms with van der Waals surface area (Å²) in [5, 5.41) is 3.84. The minimum atomic E-state index is -4.95. The molecule has 4 N–H and O–H groups in total. The second-order valence-electron chi connectivity index (χ2n) is 6.05. The molecule has 28 heavy (non-hydrogen) atoms. The van der Waals surface area contributed by atoms with Gasteiger partial charge in [-0.05, 0) is 37.3 Å². The van der Waals surface area contributed by atoms with Crippen LogP contribution in [0.4, 0.5) is 38.1 Å². The lowest BCUT2D eigenvalue weighted by molar-refractivity contribution is -0.158. The summed E-state index contributed by atoms with van der Waals surface area (Å²) in [6.07, 6.45) is -4.95. The van der Waals surface area contributed by atoms with Gasteiger partial charge >= 0.3 is 12.2 Å². The molecule has 0 aliphatic rings. The quantitative estimate of drug-likeness (QED) is 0.427. The smallest absolute Gasteiger partial charge is 0.416 e. The van der Waals surface area contributed by atoms with Gasteiger partial charge in [-0.25, -0.2) is 13.6 Å². The van der Waals surface area contributed by atoms with Gasteiger partial charge in [0.2, 0.25) is 0 Å². The van der Waals surface area contributed by atoms with Crippen molar-refractivity contribution in [2.45, 2.75) is 19.1 Å². The van der Waals surface area contributed by atoms with Crippen LogP contribution in [0.25, 0.3) is 11.0 Å². The number of benzene rings is 2. The Bertz CT molecular complexity index is 1030. The van der Waals surface area contributed by atoms with Gasteiger partial charge in [-0.2, -0.15) is 13.2 Å². The molecule has 3 rings (SSSR count). The fourth-order valence-corrected chi connectivity index (χ4v) is 2.70.